The first-order valence-corrected chi connectivity index (χ1v) is 10.1. The summed E-state index contributed by atoms with van der Waals surface area (Å²) in [5.41, 5.74) is 3.08. The Morgan fingerprint density at radius 1 is 1.15 bits per heavy atom. The number of nitrogens with zero attached hydrogens (tertiary/aromatic N) is 3. The summed E-state index contributed by atoms with van der Waals surface area (Å²) in [5, 5.41) is 26.4. The predicted molar refractivity (Wildman–Crippen MR) is 114 cm³/mol. The summed E-state index contributed by atoms with van der Waals surface area (Å²) in [5.74, 6) is -0.00601. The largest absolute Gasteiger partial charge is 0.508 e. The molecule has 0 fully saturated rings. The Morgan fingerprint density at radius 3 is 2.56 bits per heavy atom. The van der Waals surface area contributed by atoms with Crippen LogP contribution in [-0.4, -0.2) is 26.6 Å². The van der Waals surface area contributed by atoms with Crippen LogP contribution in [-0.2, 0) is 0 Å². The number of phenolic OH excluding ortho intramolecular Hbond substituents is 2. The van der Waals surface area contributed by atoms with Crippen LogP contribution < -0.4 is 4.80 Å². The zero-order valence-electron chi connectivity index (χ0n) is 15.2. The molecule has 0 atom stereocenters. The number of benzene rings is 2. The molecule has 0 aliphatic heterocycles. The molecule has 0 aliphatic carbocycles. The van der Waals surface area contributed by atoms with Gasteiger partial charge in [-0.3, -0.25) is 4.99 Å². The maximum atomic E-state index is 10.2. The van der Waals surface area contributed by atoms with Gasteiger partial charge in [0.05, 0.1) is 11.4 Å². The SMILES string of the molecule is CC(=Nn1c(-c2ccccc2Br)csc1=NC(C)C)c1ccc(O)cc1O. The Morgan fingerprint density at radius 2 is 1.89 bits per heavy atom. The van der Waals surface area contributed by atoms with Crippen LogP contribution in [0.25, 0.3) is 11.3 Å². The molecule has 1 heterocycles. The Kier molecular flexibility index (Phi) is 5.82. The second-order valence-electron chi connectivity index (χ2n) is 6.30. The Balaban J connectivity index is 2.21. The summed E-state index contributed by atoms with van der Waals surface area (Å²) in [7, 11) is 0. The van der Waals surface area contributed by atoms with Gasteiger partial charge < -0.3 is 10.2 Å². The summed E-state index contributed by atoms with van der Waals surface area (Å²) in [6, 6.07) is 12.6. The summed E-state index contributed by atoms with van der Waals surface area (Å²) >= 11 is 5.12. The molecule has 3 rings (SSSR count). The van der Waals surface area contributed by atoms with Crippen molar-refractivity contribution in [3.05, 3.63) is 62.7 Å². The Bertz CT molecular complexity index is 1070. The second-order valence-corrected chi connectivity index (χ2v) is 8.00. The number of hydrogen-bond donors (Lipinski definition) is 2. The van der Waals surface area contributed by atoms with E-state index >= 15 is 0 Å². The highest BCUT2D eigenvalue weighted by Gasteiger charge is 2.13. The van der Waals surface area contributed by atoms with Gasteiger partial charge in [-0.15, -0.1) is 11.3 Å². The van der Waals surface area contributed by atoms with Crippen LogP contribution >= 0.6 is 27.3 Å². The minimum atomic E-state index is -0.0168. The van der Waals surface area contributed by atoms with Crippen LogP contribution in [0.3, 0.4) is 0 Å². The molecular formula is C20H20BrN3O2S. The molecule has 0 amide bonds. The third-order valence-electron chi connectivity index (χ3n) is 3.82. The van der Waals surface area contributed by atoms with E-state index in [-0.39, 0.29) is 17.5 Å². The van der Waals surface area contributed by atoms with E-state index in [2.05, 4.69) is 20.9 Å². The van der Waals surface area contributed by atoms with Gasteiger partial charge in [-0.1, -0.05) is 34.1 Å². The van der Waals surface area contributed by atoms with Crippen molar-refractivity contribution in [3.63, 3.8) is 0 Å². The van der Waals surface area contributed by atoms with Crippen molar-refractivity contribution < 1.29 is 10.2 Å². The van der Waals surface area contributed by atoms with E-state index < -0.39 is 0 Å². The zero-order valence-corrected chi connectivity index (χ0v) is 17.6. The van der Waals surface area contributed by atoms with E-state index in [1.807, 2.05) is 50.4 Å². The fourth-order valence-corrected chi connectivity index (χ4v) is 4.03. The maximum Gasteiger partial charge on any atom is 0.206 e. The van der Waals surface area contributed by atoms with Crippen LogP contribution in [0.5, 0.6) is 11.5 Å². The molecule has 3 aromatic rings. The third-order valence-corrected chi connectivity index (χ3v) is 5.35. The molecule has 0 saturated heterocycles. The van der Waals surface area contributed by atoms with E-state index in [4.69, 9.17) is 5.10 Å². The van der Waals surface area contributed by atoms with E-state index in [1.54, 1.807) is 10.7 Å². The van der Waals surface area contributed by atoms with Crippen LogP contribution in [0.15, 0.2) is 62.4 Å². The maximum absolute atomic E-state index is 10.2. The fourth-order valence-electron chi connectivity index (χ4n) is 2.59. The highest BCUT2D eigenvalue weighted by molar-refractivity contribution is 9.10. The summed E-state index contributed by atoms with van der Waals surface area (Å²) in [6.45, 7) is 5.86. The van der Waals surface area contributed by atoms with Crippen molar-refractivity contribution in [2.24, 2.45) is 10.1 Å². The minimum absolute atomic E-state index is 0.0108. The number of aromatic nitrogens is 1. The van der Waals surface area contributed by atoms with E-state index in [0.29, 0.717) is 11.3 Å². The van der Waals surface area contributed by atoms with Crippen LogP contribution in [0, 0.1) is 0 Å². The standard InChI is InChI=1S/C20H20BrN3O2S/c1-12(2)22-20-24(18(11-27-20)16-6-4-5-7-17(16)21)23-13(3)15-9-8-14(25)10-19(15)26/h4-12,25-26H,1-3H3. The summed E-state index contributed by atoms with van der Waals surface area (Å²) in [6.07, 6.45) is 0. The molecule has 0 bridgehead atoms. The average molecular weight is 446 g/mol. The minimum Gasteiger partial charge on any atom is -0.508 e. The van der Waals surface area contributed by atoms with Gasteiger partial charge in [0.15, 0.2) is 0 Å². The normalized spacial score (nSPS) is 12.8. The fraction of sp³-hybridized carbons (Fsp3) is 0.200. The zero-order chi connectivity index (χ0) is 19.6. The van der Waals surface area contributed by atoms with E-state index in [0.717, 1.165) is 20.5 Å². The molecule has 27 heavy (non-hydrogen) atoms. The lowest BCUT2D eigenvalue weighted by Gasteiger charge is -2.09. The van der Waals surface area contributed by atoms with Crippen molar-refractivity contribution in [1.82, 2.24) is 4.68 Å². The van der Waals surface area contributed by atoms with Gasteiger partial charge in [-0.25, -0.2) is 4.68 Å². The van der Waals surface area contributed by atoms with Crippen molar-refractivity contribution in [1.29, 1.82) is 0 Å². The molecule has 5 nitrogen and oxygen atoms in total. The molecule has 0 aliphatic rings. The van der Waals surface area contributed by atoms with Crippen molar-refractivity contribution in [3.8, 4) is 22.8 Å². The van der Waals surface area contributed by atoms with Gasteiger partial charge in [-0.2, -0.15) is 5.10 Å². The summed E-state index contributed by atoms with van der Waals surface area (Å²) in [4.78, 5) is 5.45. The molecular weight excluding hydrogens is 426 g/mol. The molecule has 7 heteroatoms. The topological polar surface area (TPSA) is 70.1 Å². The molecule has 0 radical (unpaired) electrons. The number of aromatic hydroxyl groups is 2. The van der Waals surface area contributed by atoms with Crippen LogP contribution in [0.2, 0.25) is 0 Å². The number of rotatable bonds is 4. The highest BCUT2D eigenvalue weighted by Crippen LogP contribution is 2.29. The van der Waals surface area contributed by atoms with Gasteiger partial charge in [0.1, 0.15) is 11.5 Å². The van der Waals surface area contributed by atoms with E-state index in [9.17, 15) is 10.2 Å². The lowest BCUT2D eigenvalue weighted by Crippen LogP contribution is -2.16. The highest BCUT2D eigenvalue weighted by atomic mass is 79.9. The average Bonchev–Trinajstić information content (AvgIpc) is 2.97. The smallest absolute Gasteiger partial charge is 0.206 e. The monoisotopic (exact) mass is 445 g/mol. The molecule has 0 spiro atoms. The number of halogens is 1. The Labute approximate surface area is 170 Å². The first kappa shape index (κ1) is 19.4. The second kappa shape index (κ2) is 8.10. The van der Waals surface area contributed by atoms with Gasteiger partial charge in [0.25, 0.3) is 0 Å². The molecule has 140 valence electrons. The molecule has 2 N–H and O–H groups in total. The first-order valence-electron chi connectivity index (χ1n) is 8.44. The first-order chi connectivity index (χ1) is 12.9. The molecule has 0 unspecified atom stereocenters. The van der Waals surface area contributed by atoms with E-state index in [1.165, 1.54) is 23.5 Å². The Hall–Kier alpha value is -2.38. The third kappa shape index (κ3) is 4.31. The predicted octanol–water partition coefficient (Wildman–Crippen LogP) is 4.97. The van der Waals surface area contributed by atoms with Crippen LogP contribution in [0.4, 0.5) is 0 Å². The van der Waals surface area contributed by atoms with Gasteiger partial charge in [0, 0.05) is 33.1 Å². The number of phenols is 2. The molecule has 0 saturated carbocycles. The van der Waals surface area contributed by atoms with Gasteiger partial charge >= 0.3 is 0 Å². The number of thiazole rings is 1. The van der Waals surface area contributed by atoms with Crippen LogP contribution in [0.1, 0.15) is 26.3 Å². The molecule has 1 aromatic heterocycles. The lowest BCUT2D eigenvalue weighted by molar-refractivity contribution is 0.450. The van der Waals surface area contributed by atoms with Gasteiger partial charge in [-0.05, 0) is 39.0 Å². The van der Waals surface area contributed by atoms with Crippen molar-refractivity contribution in [2.45, 2.75) is 26.8 Å². The lowest BCUT2D eigenvalue weighted by atomic mass is 10.1. The quantitative estimate of drug-likeness (QED) is 0.556. The molecule has 2 aromatic carbocycles. The number of hydrogen-bond acceptors (Lipinski definition) is 5. The summed E-state index contributed by atoms with van der Waals surface area (Å²) < 4.78 is 2.76. The van der Waals surface area contributed by atoms with Crippen molar-refractivity contribution in [2.75, 3.05) is 0 Å². The van der Waals surface area contributed by atoms with Gasteiger partial charge in [0.2, 0.25) is 4.80 Å². The van der Waals surface area contributed by atoms with Crippen molar-refractivity contribution >= 4 is 33.0 Å².